The fourth-order valence-electron chi connectivity index (χ4n) is 6.15. The number of hydrogen-bond acceptors (Lipinski definition) is 3. The smallest absolute Gasteiger partial charge is 0.656 e. The molecule has 0 unspecified atom stereocenters. The van der Waals surface area contributed by atoms with Gasteiger partial charge in [0.25, 0.3) is 0 Å². The molecule has 1 aliphatic rings. The first-order valence-corrected chi connectivity index (χ1v) is 16.6. The maximum Gasteiger partial charge on any atom is 1.00 e. The summed E-state index contributed by atoms with van der Waals surface area (Å²) < 4.78 is 0. The average Bonchev–Trinajstić information content (AvgIpc) is 3.54. The number of carbonyl (C=O) groups excluding carboxylic acids is 1. The van der Waals surface area contributed by atoms with Crippen LogP contribution in [-0.4, -0.2) is 16.6 Å². The molecule has 0 amide bonds. The number of hydrogen-bond donors (Lipinski definition) is 1. The van der Waals surface area contributed by atoms with Crippen LogP contribution in [0.1, 0.15) is 100 Å². The van der Waals surface area contributed by atoms with Crippen LogP contribution in [0.15, 0.2) is 102 Å². The van der Waals surface area contributed by atoms with Gasteiger partial charge in [-0.25, -0.2) is 4.99 Å². The third-order valence-corrected chi connectivity index (χ3v) is 8.76. The van der Waals surface area contributed by atoms with Gasteiger partial charge in [0.15, 0.2) is 5.78 Å². The van der Waals surface area contributed by atoms with Crippen molar-refractivity contribution in [2.75, 3.05) is 0 Å². The van der Waals surface area contributed by atoms with E-state index < -0.39 is 0 Å². The predicted octanol–water partition coefficient (Wildman–Crippen LogP) is 11.1. The Balaban J connectivity index is 0.000000613. The zero-order valence-electron chi connectivity index (χ0n) is 30.3. The van der Waals surface area contributed by atoms with Crippen molar-refractivity contribution in [2.45, 2.75) is 80.1 Å². The molecule has 0 saturated heterocycles. The van der Waals surface area contributed by atoms with Crippen molar-refractivity contribution in [3.8, 4) is 11.3 Å². The van der Waals surface area contributed by atoms with E-state index in [1.54, 1.807) is 0 Å². The number of nitrogens with zero attached hydrogens (tertiary/aromatic N) is 2. The molecule has 0 saturated carbocycles. The summed E-state index contributed by atoms with van der Waals surface area (Å²) in [7, 11) is 0. The van der Waals surface area contributed by atoms with Crippen molar-refractivity contribution in [2.24, 2.45) is 4.99 Å². The van der Waals surface area contributed by atoms with Gasteiger partial charge in [-0.3, -0.25) is 4.79 Å². The van der Waals surface area contributed by atoms with Gasteiger partial charge in [0.05, 0.1) is 17.2 Å². The van der Waals surface area contributed by atoms with Gasteiger partial charge in [0.2, 0.25) is 0 Å². The molecule has 0 fully saturated rings. The number of aliphatic hydroxyl groups excluding tert-OH is 1. The number of aliphatic hydroxyl groups is 1. The third-order valence-electron chi connectivity index (χ3n) is 8.76. The van der Waals surface area contributed by atoms with Crippen LogP contribution in [0.4, 0.5) is 0 Å². The topological polar surface area (TPSA) is 63.8 Å². The van der Waals surface area contributed by atoms with E-state index in [9.17, 15) is 4.79 Å². The molecule has 2 heterocycles. The molecule has 4 aromatic carbocycles. The third kappa shape index (κ3) is 8.24. The Morgan fingerprint density at radius 3 is 1.69 bits per heavy atom. The second-order valence-corrected chi connectivity index (χ2v) is 14.9. The molecule has 1 aromatic heterocycles. The number of fused-ring (bicyclic) bond motifs is 2. The van der Waals surface area contributed by atoms with Gasteiger partial charge in [-0.05, 0) is 83.2 Å². The van der Waals surface area contributed by atoms with Crippen LogP contribution in [-0.2, 0) is 32.7 Å². The summed E-state index contributed by atoms with van der Waals surface area (Å²) in [5, 5.41) is 10.7. The van der Waals surface area contributed by atoms with E-state index in [0.717, 1.165) is 33.7 Å². The maximum atomic E-state index is 10.0. The summed E-state index contributed by atoms with van der Waals surface area (Å²) in [6.07, 6.45) is 3.34. The van der Waals surface area contributed by atoms with E-state index in [2.05, 4.69) is 146 Å². The molecule has 0 bridgehead atoms. The first kappa shape index (κ1) is 37.4. The summed E-state index contributed by atoms with van der Waals surface area (Å²) in [4.78, 5) is 20.5. The number of ketones is 1. The minimum atomic E-state index is -0.125. The average molecular weight is 699 g/mol. The van der Waals surface area contributed by atoms with E-state index in [4.69, 9.17) is 15.1 Å². The molecule has 0 atom stereocenters. The van der Waals surface area contributed by atoms with Crippen LogP contribution >= 0.6 is 0 Å². The molecular weight excluding hydrogens is 652 g/mol. The van der Waals surface area contributed by atoms with Gasteiger partial charge in [-0.2, -0.15) is 0 Å². The summed E-state index contributed by atoms with van der Waals surface area (Å²) in [5.41, 5.74) is 14.1. The van der Waals surface area contributed by atoms with Crippen molar-refractivity contribution in [1.29, 1.82) is 0 Å². The second kappa shape index (κ2) is 14.6. The van der Waals surface area contributed by atoms with Crippen LogP contribution < -0.4 is 4.98 Å². The Morgan fingerprint density at radius 2 is 1.20 bits per heavy atom. The minimum absolute atomic E-state index is 0. The maximum absolute atomic E-state index is 10.0. The van der Waals surface area contributed by atoms with Crippen molar-refractivity contribution >= 4 is 34.0 Å². The molecule has 6 rings (SSSR count). The molecule has 1 N–H and O–H groups in total. The molecule has 0 spiro atoms. The van der Waals surface area contributed by atoms with Crippen molar-refractivity contribution in [3.05, 3.63) is 141 Å². The Labute approximate surface area is 302 Å². The summed E-state index contributed by atoms with van der Waals surface area (Å²) >= 11 is 0. The summed E-state index contributed by atoms with van der Waals surface area (Å²) in [6, 6.07) is 30.8. The van der Waals surface area contributed by atoms with Crippen molar-refractivity contribution in [3.63, 3.8) is 0 Å². The summed E-state index contributed by atoms with van der Waals surface area (Å²) in [5.74, 6) is -0.0625. The van der Waals surface area contributed by atoms with Gasteiger partial charge in [0.1, 0.15) is 0 Å². The zero-order chi connectivity index (χ0) is 35.0. The minimum Gasteiger partial charge on any atom is -0.656 e. The molecule has 0 radical (unpaired) electrons. The molecule has 1 aliphatic heterocycles. The molecule has 256 valence electrons. The van der Waals surface area contributed by atoms with Crippen LogP contribution in [0.25, 0.3) is 33.8 Å². The van der Waals surface area contributed by atoms with Gasteiger partial charge >= 0.3 is 17.1 Å². The first-order valence-electron chi connectivity index (χ1n) is 16.6. The van der Waals surface area contributed by atoms with Crippen molar-refractivity contribution < 1.29 is 27.0 Å². The molecule has 4 nitrogen and oxygen atoms in total. The number of aryl methyl sites for hydroxylation is 2. The molecule has 49 heavy (non-hydrogen) atoms. The Morgan fingerprint density at radius 1 is 0.694 bits per heavy atom. The number of allylic oxidation sites excluding steroid dienone is 2. The van der Waals surface area contributed by atoms with E-state index in [0.29, 0.717) is 0 Å². The number of carbonyl (C=O) groups is 1. The van der Waals surface area contributed by atoms with Crippen LogP contribution in [0.5, 0.6) is 0 Å². The van der Waals surface area contributed by atoms with E-state index in [1.807, 2.05) is 0 Å². The van der Waals surface area contributed by atoms with Crippen LogP contribution in [0, 0.1) is 13.8 Å². The normalized spacial score (nSPS) is 13.8. The SMILES string of the molecule is CC(=O)C=C(C)O.Cc1cc(C(C)(C)C)ccc1C1=NC(=Cc2[n-]c(-c3ccc(C(C)(C)C)cc3C)c3ccccc23)c2ccccc21.[Cu+]. The fourth-order valence-corrected chi connectivity index (χ4v) is 6.15. The molecule has 5 heteroatoms. The summed E-state index contributed by atoms with van der Waals surface area (Å²) in [6.45, 7) is 20.8. The fraction of sp³-hybridized carbons (Fsp3) is 0.273. The van der Waals surface area contributed by atoms with Gasteiger partial charge in [-0.15, -0.1) is 11.4 Å². The van der Waals surface area contributed by atoms with E-state index in [1.165, 1.54) is 64.3 Å². The van der Waals surface area contributed by atoms with Gasteiger partial charge < -0.3 is 10.1 Å². The number of aromatic nitrogens is 1. The monoisotopic (exact) mass is 698 g/mol. The second-order valence-electron chi connectivity index (χ2n) is 14.9. The quantitative estimate of drug-likeness (QED) is 0.115. The predicted molar refractivity (Wildman–Crippen MR) is 203 cm³/mol. The van der Waals surface area contributed by atoms with Gasteiger partial charge in [0, 0.05) is 22.8 Å². The Hall–Kier alpha value is -4.44. The van der Waals surface area contributed by atoms with E-state index in [-0.39, 0.29) is 39.4 Å². The van der Waals surface area contributed by atoms with Crippen LogP contribution in [0.2, 0.25) is 0 Å². The Kier molecular flexibility index (Phi) is 11.1. The standard InChI is InChI=1S/C39H39N2.C5H8O2.Cu/c1-24-21-26(38(3,4)5)17-19-28(24)36-32-15-11-9-13-30(32)34(40-36)23-35-31-14-10-12-16-33(31)37(41-35)29-20-18-27(22-25(29)2)39(6,7)8;1-4(6)3-5(2)7;/h9-23H,1-8H3;3,6H,1-2H3;/q-1;;+1. The Bertz CT molecular complexity index is 2110. The van der Waals surface area contributed by atoms with Crippen molar-refractivity contribution in [1.82, 2.24) is 4.98 Å². The van der Waals surface area contributed by atoms with Gasteiger partial charge in [-0.1, -0.05) is 126 Å². The number of benzene rings is 4. The number of aliphatic imine (C=N–C) groups is 1. The first-order chi connectivity index (χ1) is 22.5. The molecule has 0 aliphatic carbocycles. The molecule has 5 aromatic rings. The number of rotatable bonds is 4. The van der Waals surface area contributed by atoms with Crippen LogP contribution in [0.3, 0.4) is 0 Å². The molecular formula is C44H47CuN2O2. The van der Waals surface area contributed by atoms with E-state index >= 15 is 0 Å². The largest absolute Gasteiger partial charge is 1.00 e. The zero-order valence-corrected chi connectivity index (χ0v) is 31.2.